The third kappa shape index (κ3) is 4.52. The minimum absolute atomic E-state index is 0.0593. The Morgan fingerprint density at radius 2 is 2.10 bits per heavy atom. The monoisotopic (exact) mass is 393 g/mol. The topological polar surface area (TPSA) is 67.5 Å². The van der Waals surface area contributed by atoms with Crippen LogP contribution in [0, 0.1) is 25.2 Å². The fourth-order valence-corrected chi connectivity index (χ4v) is 3.74. The molecule has 0 radical (unpaired) electrons. The summed E-state index contributed by atoms with van der Waals surface area (Å²) in [6.45, 7) is 5.23. The Balaban J connectivity index is 1.85. The summed E-state index contributed by atoms with van der Waals surface area (Å²) in [7, 11) is 3.36. The van der Waals surface area contributed by atoms with Gasteiger partial charge in [0.15, 0.2) is 0 Å². The number of nitrogens with zero attached hydrogens (tertiary/aromatic N) is 3. The predicted molar refractivity (Wildman–Crippen MR) is 112 cm³/mol. The summed E-state index contributed by atoms with van der Waals surface area (Å²) in [6.07, 6.45) is 3.71. The molecule has 2 heterocycles. The van der Waals surface area contributed by atoms with E-state index in [-0.39, 0.29) is 17.6 Å². The number of carbonyl (C=O) groups is 1. The number of hydrogen-bond acceptors (Lipinski definition) is 4. The van der Waals surface area contributed by atoms with Crippen molar-refractivity contribution in [1.82, 2.24) is 9.47 Å². The third-order valence-electron chi connectivity index (χ3n) is 5.30. The second-order valence-corrected chi connectivity index (χ2v) is 7.35. The van der Waals surface area contributed by atoms with Gasteiger partial charge in [0.1, 0.15) is 17.4 Å². The number of aryl methyl sites for hydroxylation is 1. The molecule has 29 heavy (non-hydrogen) atoms. The summed E-state index contributed by atoms with van der Waals surface area (Å²) in [5.41, 5.74) is 3.97. The molecule has 3 rings (SSSR count). The number of likely N-dealkylation sites (N-methyl/N-ethyl adjacent to an activating group) is 1. The molecule has 1 aromatic carbocycles. The van der Waals surface area contributed by atoms with Crippen LogP contribution in [0.15, 0.2) is 35.9 Å². The van der Waals surface area contributed by atoms with Crippen LogP contribution in [0.1, 0.15) is 29.8 Å². The van der Waals surface area contributed by atoms with E-state index < -0.39 is 0 Å². The van der Waals surface area contributed by atoms with Gasteiger partial charge in [-0.25, -0.2) is 0 Å². The lowest BCUT2D eigenvalue weighted by Gasteiger charge is -2.20. The minimum Gasteiger partial charge on any atom is -0.497 e. The van der Waals surface area contributed by atoms with Gasteiger partial charge in [-0.05, 0) is 68.7 Å². The standard InChI is InChI=1S/C23H27N3O3/c1-16-12-18(17(2)26(16)20-7-9-21(28-4)10-8-20)13-19(14-24)23(27)25(3)15-22-6-5-11-29-22/h7-10,12-13,22H,5-6,11,15H2,1-4H3/b19-13-. The van der Waals surface area contributed by atoms with Crippen molar-refractivity contribution in [3.8, 4) is 17.5 Å². The molecular formula is C23H27N3O3. The number of aromatic nitrogens is 1. The largest absolute Gasteiger partial charge is 0.497 e. The van der Waals surface area contributed by atoms with Crippen LogP contribution in [0.3, 0.4) is 0 Å². The van der Waals surface area contributed by atoms with Crippen molar-refractivity contribution >= 4 is 12.0 Å². The molecule has 2 aromatic rings. The smallest absolute Gasteiger partial charge is 0.264 e. The molecule has 1 aliphatic heterocycles. The van der Waals surface area contributed by atoms with Gasteiger partial charge in [0, 0.05) is 37.3 Å². The highest BCUT2D eigenvalue weighted by atomic mass is 16.5. The van der Waals surface area contributed by atoms with Crippen LogP contribution in [-0.2, 0) is 9.53 Å². The maximum atomic E-state index is 12.8. The van der Waals surface area contributed by atoms with Gasteiger partial charge in [0.2, 0.25) is 0 Å². The van der Waals surface area contributed by atoms with E-state index >= 15 is 0 Å². The summed E-state index contributed by atoms with van der Waals surface area (Å²) < 4.78 is 12.9. The van der Waals surface area contributed by atoms with Crippen molar-refractivity contribution in [1.29, 1.82) is 5.26 Å². The highest BCUT2D eigenvalue weighted by molar-refractivity contribution is 6.01. The molecule has 1 unspecified atom stereocenters. The molecule has 1 fully saturated rings. The van der Waals surface area contributed by atoms with E-state index in [0.29, 0.717) is 6.54 Å². The first-order chi connectivity index (χ1) is 13.9. The molecule has 0 aliphatic carbocycles. The van der Waals surface area contributed by atoms with Crippen LogP contribution < -0.4 is 4.74 Å². The van der Waals surface area contributed by atoms with E-state index in [0.717, 1.165) is 47.8 Å². The Labute approximate surface area is 171 Å². The normalized spacial score (nSPS) is 16.5. The van der Waals surface area contributed by atoms with Crippen LogP contribution in [0.25, 0.3) is 11.8 Å². The highest BCUT2D eigenvalue weighted by Crippen LogP contribution is 2.24. The minimum atomic E-state index is -0.280. The Morgan fingerprint density at radius 1 is 1.38 bits per heavy atom. The van der Waals surface area contributed by atoms with Crippen LogP contribution in [0.2, 0.25) is 0 Å². The van der Waals surface area contributed by atoms with Gasteiger partial charge in [-0.2, -0.15) is 5.26 Å². The maximum absolute atomic E-state index is 12.8. The summed E-state index contributed by atoms with van der Waals surface area (Å²) in [5.74, 6) is 0.514. The number of benzene rings is 1. The quantitative estimate of drug-likeness (QED) is 0.555. The van der Waals surface area contributed by atoms with Crippen molar-refractivity contribution in [2.45, 2.75) is 32.8 Å². The second-order valence-electron chi connectivity index (χ2n) is 7.35. The number of hydrogen-bond donors (Lipinski definition) is 0. The molecule has 6 nitrogen and oxygen atoms in total. The van der Waals surface area contributed by atoms with E-state index in [9.17, 15) is 10.1 Å². The summed E-state index contributed by atoms with van der Waals surface area (Å²) in [6, 6.07) is 11.9. The van der Waals surface area contributed by atoms with Crippen molar-refractivity contribution < 1.29 is 14.3 Å². The number of methoxy groups -OCH3 is 1. The van der Waals surface area contributed by atoms with E-state index in [4.69, 9.17) is 9.47 Å². The number of ether oxygens (including phenoxy) is 2. The molecule has 0 N–H and O–H groups in total. The SMILES string of the molecule is COc1ccc(-n2c(C)cc(/C=C(/C#N)C(=O)N(C)CC3CCCO3)c2C)cc1. The van der Waals surface area contributed by atoms with E-state index in [1.807, 2.05) is 44.2 Å². The van der Waals surface area contributed by atoms with Crippen molar-refractivity contribution in [2.75, 3.05) is 27.3 Å². The Morgan fingerprint density at radius 3 is 2.69 bits per heavy atom. The summed E-state index contributed by atoms with van der Waals surface area (Å²) in [4.78, 5) is 14.3. The second kappa shape index (κ2) is 8.97. The molecule has 1 aromatic heterocycles. The van der Waals surface area contributed by atoms with Crippen molar-refractivity contribution in [3.05, 3.63) is 52.9 Å². The third-order valence-corrected chi connectivity index (χ3v) is 5.30. The lowest BCUT2D eigenvalue weighted by molar-refractivity contribution is -0.126. The molecule has 1 saturated heterocycles. The molecule has 0 bridgehead atoms. The van der Waals surface area contributed by atoms with E-state index in [1.165, 1.54) is 0 Å². The number of carbonyl (C=O) groups excluding carboxylic acids is 1. The zero-order valence-electron chi connectivity index (χ0n) is 17.4. The number of rotatable bonds is 6. The average molecular weight is 393 g/mol. The highest BCUT2D eigenvalue weighted by Gasteiger charge is 2.22. The molecule has 1 amide bonds. The van der Waals surface area contributed by atoms with Gasteiger partial charge >= 0.3 is 0 Å². The first-order valence-corrected chi connectivity index (χ1v) is 9.76. The predicted octanol–water partition coefficient (Wildman–Crippen LogP) is 3.65. The first-order valence-electron chi connectivity index (χ1n) is 9.76. The summed E-state index contributed by atoms with van der Waals surface area (Å²) in [5, 5.41) is 9.59. The lowest BCUT2D eigenvalue weighted by Crippen LogP contribution is -2.34. The van der Waals surface area contributed by atoms with E-state index in [1.54, 1.807) is 25.1 Å². The molecule has 152 valence electrons. The Kier molecular flexibility index (Phi) is 6.40. The molecule has 1 aliphatic rings. The average Bonchev–Trinajstić information content (AvgIpc) is 3.33. The first kappa shape index (κ1) is 20.7. The van der Waals surface area contributed by atoms with Crippen molar-refractivity contribution in [2.24, 2.45) is 0 Å². The van der Waals surface area contributed by atoms with E-state index in [2.05, 4.69) is 10.6 Å². The van der Waals surface area contributed by atoms with Crippen LogP contribution >= 0.6 is 0 Å². The van der Waals surface area contributed by atoms with Gasteiger partial charge in [-0.1, -0.05) is 0 Å². The molecule has 1 atom stereocenters. The Bertz CT molecular complexity index is 945. The maximum Gasteiger partial charge on any atom is 0.264 e. The van der Waals surface area contributed by atoms with Gasteiger partial charge < -0.3 is 18.9 Å². The van der Waals surface area contributed by atoms with Gasteiger partial charge in [0.05, 0.1) is 13.2 Å². The number of nitriles is 1. The number of amides is 1. The molecule has 0 saturated carbocycles. The lowest BCUT2D eigenvalue weighted by atomic mass is 10.1. The van der Waals surface area contributed by atoms with Crippen LogP contribution in [-0.4, -0.2) is 48.8 Å². The zero-order chi connectivity index (χ0) is 21.0. The van der Waals surface area contributed by atoms with Gasteiger partial charge in [0.25, 0.3) is 5.91 Å². The fraction of sp³-hybridized carbons (Fsp3) is 0.391. The Hall–Kier alpha value is -3.04. The zero-order valence-corrected chi connectivity index (χ0v) is 17.4. The molecular weight excluding hydrogens is 366 g/mol. The summed E-state index contributed by atoms with van der Waals surface area (Å²) >= 11 is 0. The fourth-order valence-electron chi connectivity index (χ4n) is 3.74. The van der Waals surface area contributed by atoms with Gasteiger partial charge in [-0.15, -0.1) is 0 Å². The molecule has 0 spiro atoms. The molecule has 6 heteroatoms. The van der Waals surface area contributed by atoms with Crippen molar-refractivity contribution in [3.63, 3.8) is 0 Å². The van der Waals surface area contributed by atoms with Crippen LogP contribution in [0.4, 0.5) is 0 Å². The van der Waals surface area contributed by atoms with Gasteiger partial charge in [-0.3, -0.25) is 4.79 Å². The van der Waals surface area contributed by atoms with Crippen LogP contribution in [0.5, 0.6) is 5.75 Å².